The number of carbonyl (C=O) groups is 1. The molecule has 0 unspecified atom stereocenters. The van der Waals surface area contributed by atoms with Crippen LogP contribution in [-0.2, 0) is 17.9 Å². The third kappa shape index (κ3) is 6.23. The third-order valence-electron chi connectivity index (χ3n) is 3.21. The summed E-state index contributed by atoms with van der Waals surface area (Å²) in [5, 5.41) is 3.17. The van der Waals surface area contributed by atoms with Gasteiger partial charge in [-0.3, -0.25) is 4.79 Å². The minimum Gasteiger partial charge on any atom is -0.367 e. The zero-order chi connectivity index (χ0) is 18.4. The average molecular weight is 392 g/mol. The summed E-state index contributed by atoms with van der Waals surface area (Å²) in [7, 11) is 0. The van der Waals surface area contributed by atoms with Gasteiger partial charge in [-0.1, -0.05) is 53.5 Å². The standard InChI is InChI=1S/C17H14Cl2F3NO2/c18-14-3-1-2-13(15(14)19)16(24)23-8-11-4-6-12(7-5-11)9-25-10-17(20,21)22/h1-7H,8-10H2,(H,23,24). The number of hydrogen-bond acceptors (Lipinski definition) is 2. The molecular formula is C17H14Cl2F3NO2. The molecule has 25 heavy (non-hydrogen) atoms. The monoisotopic (exact) mass is 391 g/mol. The number of hydrogen-bond donors (Lipinski definition) is 1. The molecule has 0 spiro atoms. The smallest absolute Gasteiger partial charge is 0.367 e. The molecule has 1 N–H and O–H groups in total. The fraction of sp³-hybridized carbons (Fsp3) is 0.235. The Labute approximate surface area is 152 Å². The number of benzene rings is 2. The first kappa shape index (κ1) is 19.6. The maximum Gasteiger partial charge on any atom is 0.411 e. The Morgan fingerprint density at radius 3 is 2.32 bits per heavy atom. The molecule has 0 aromatic heterocycles. The number of ether oxygens (including phenoxy) is 1. The third-order valence-corrected chi connectivity index (χ3v) is 4.03. The second kappa shape index (κ2) is 8.56. The minimum atomic E-state index is -4.34. The first-order valence-corrected chi connectivity index (χ1v) is 7.96. The highest BCUT2D eigenvalue weighted by atomic mass is 35.5. The molecule has 3 nitrogen and oxygen atoms in total. The van der Waals surface area contributed by atoms with Gasteiger partial charge >= 0.3 is 6.18 Å². The Balaban J connectivity index is 1.87. The molecule has 0 bridgehead atoms. The van der Waals surface area contributed by atoms with Gasteiger partial charge in [-0.15, -0.1) is 0 Å². The number of amides is 1. The molecule has 2 aromatic rings. The SMILES string of the molecule is O=C(NCc1ccc(COCC(F)(F)F)cc1)c1cccc(Cl)c1Cl. The Bertz CT molecular complexity index is 734. The van der Waals surface area contributed by atoms with Gasteiger partial charge < -0.3 is 10.1 Å². The maximum atomic E-state index is 12.1. The van der Waals surface area contributed by atoms with Crippen LogP contribution in [0.2, 0.25) is 10.0 Å². The molecule has 8 heteroatoms. The number of alkyl halides is 3. The lowest BCUT2D eigenvalue weighted by Gasteiger charge is -2.09. The number of carbonyl (C=O) groups excluding carboxylic acids is 1. The molecule has 0 saturated heterocycles. The van der Waals surface area contributed by atoms with E-state index in [4.69, 9.17) is 23.2 Å². The molecule has 0 saturated carbocycles. The molecular weight excluding hydrogens is 378 g/mol. The molecule has 0 fully saturated rings. The highest BCUT2D eigenvalue weighted by Gasteiger charge is 2.27. The van der Waals surface area contributed by atoms with Gasteiger partial charge in [-0.2, -0.15) is 13.2 Å². The summed E-state index contributed by atoms with van der Waals surface area (Å²) in [5.74, 6) is -0.370. The Morgan fingerprint density at radius 1 is 1.04 bits per heavy atom. The van der Waals surface area contributed by atoms with Crippen LogP contribution in [0.25, 0.3) is 0 Å². The lowest BCUT2D eigenvalue weighted by molar-refractivity contribution is -0.176. The predicted molar refractivity (Wildman–Crippen MR) is 89.8 cm³/mol. The highest BCUT2D eigenvalue weighted by molar-refractivity contribution is 6.43. The van der Waals surface area contributed by atoms with Crippen molar-refractivity contribution < 1.29 is 22.7 Å². The summed E-state index contributed by atoms with van der Waals surface area (Å²) in [6.45, 7) is -1.18. The molecule has 0 aliphatic carbocycles. The van der Waals surface area contributed by atoms with Gasteiger partial charge in [0.2, 0.25) is 0 Å². The van der Waals surface area contributed by atoms with Crippen LogP contribution in [0.3, 0.4) is 0 Å². The van der Waals surface area contributed by atoms with E-state index >= 15 is 0 Å². The molecule has 2 rings (SSSR count). The zero-order valence-corrected chi connectivity index (χ0v) is 14.4. The normalized spacial score (nSPS) is 11.4. The summed E-state index contributed by atoms with van der Waals surface area (Å²) >= 11 is 11.9. The summed E-state index contributed by atoms with van der Waals surface area (Å²) in [5.41, 5.74) is 1.66. The summed E-state index contributed by atoms with van der Waals surface area (Å²) in [6.07, 6.45) is -4.34. The second-order valence-electron chi connectivity index (χ2n) is 5.21. The Morgan fingerprint density at radius 2 is 1.68 bits per heavy atom. The van der Waals surface area contributed by atoms with E-state index in [9.17, 15) is 18.0 Å². The van der Waals surface area contributed by atoms with Gasteiger partial charge in [0.15, 0.2) is 0 Å². The van der Waals surface area contributed by atoms with Gasteiger partial charge in [0.05, 0.1) is 22.2 Å². The van der Waals surface area contributed by atoms with Crippen LogP contribution < -0.4 is 5.32 Å². The van der Waals surface area contributed by atoms with Gasteiger partial charge in [0, 0.05) is 6.54 Å². The molecule has 2 aromatic carbocycles. The van der Waals surface area contributed by atoms with Gasteiger partial charge in [-0.25, -0.2) is 0 Å². The largest absolute Gasteiger partial charge is 0.411 e. The molecule has 0 atom stereocenters. The van der Waals surface area contributed by atoms with Crippen LogP contribution in [-0.4, -0.2) is 18.7 Å². The summed E-state index contributed by atoms with van der Waals surface area (Å²) < 4.78 is 40.6. The minimum absolute atomic E-state index is 0.135. The van der Waals surface area contributed by atoms with Crippen molar-refractivity contribution in [1.29, 1.82) is 0 Å². The lowest BCUT2D eigenvalue weighted by Crippen LogP contribution is -2.23. The van der Waals surface area contributed by atoms with Crippen LogP contribution in [0.1, 0.15) is 21.5 Å². The van der Waals surface area contributed by atoms with E-state index in [1.165, 1.54) is 0 Å². The zero-order valence-electron chi connectivity index (χ0n) is 12.9. The highest BCUT2D eigenvalue weighted by Crippen LogP contribution is 2.25. The molecule has 0 radical (unpaired) electrons. The van der Waals surface area contributed by atoms with E-state index in [1.807, 2.05) is 0 Å². The number of nitrogens with one attached hydrogen (secondary N) is 1. The number of halogens is 5. The van der Waals surface area contributed by atoms with Crippen molar-refractivity contribution in [1.82, 2.24) is 5.32 Å². The van der Waals surface area contributed by atoms with Crippen molar-refractivity contribution in [2.24, 2.45) is 0 Å². The Kier molecular flexibility index (Phi) is 6.70. The summed E-state index contributed by atoms with van der Waals surface area (Å²) in [6, 6.07) is 11.5. The quantitative estimate of drug-likeness (QED) is 0.751. The lowest BCUT2D eigenvalue weighted by atomic mass is 10.1. The first-order chi connectivity index (χ1) is 11.8. The summed E-state index contributed by atoms with van der Waals surface area (Å²) in [4.78, 5) is 12.1. The Hall–Kier alpha value is -1.76. The van der Waals surface area contributed by atoms with Crippen LogP contribution in [0.15, 0.2) is 42.5 Å². The van der Waals surface area contributed by atoms with Crippen LogP contribution >= 0.6 is 23.2 Å². The topological polar surface area (TPSA) is 38.3 Å². The molecule has 0 aliphatic heterocycles. The van der Waals surface area contributed by atoms with Crippen molar-refractivity contribution in [2.45, 2.75) is 19.3 Å². The van der Waals surface area contributed by atoms with Crippen molar-refractivity contribution in [2.75, 3.05) is 6.61 Å². The van der Waals surface area contributed by atoms with Crippen molar-refractivity contribution in [3.8, 4) is 0 Å². The van der Waals surface area contributed by atoms with E-state index in [-0.39, 0.29) is 34.7 Å². The van der Waals surface area contributed by atoms with Gasteiger partial charge in [0.25, 0.3) is 5.91 Å². The molecule has 134 valence electrons. The molecule has 1 amide bonds. The van der Waals surface area contributed by atoms with E-state index in [0.29, 0.717) is 5.56 Å². The molecule has 0 heterocycles. The first-order valence-electron chi connectivity index (χ1n) is 7.21. The fourth-order valence-corrected chi connectivity index (χ4v) is 2.38. The maximum absolute atomic E-state index is 12.1. The predicted octanol–water partition coefficient (Wildman–Crippen LogP) is 5.00. The van der Waals surface area contributed by atoms with Gasteiger partial charge in [-0.05, 0) is 23.3 Å². The average Bonchev–Trinajstić information content (AvgIpc) is 2.55. The van der Waals surface area contributed by atoms with E-state index in [1.54, 1.807) is 42.5 Å². The van der Waals surface area contributed by atoms with Crippen molar-refractivity contribution in [3.63, 3.8) is 0 Å². The van der Waals surface area contributed by atoms with Gasteiger partial charge in [0.1, 0.15) is 6.61 Å². The van der Waals surface area contributed by atoms with E-state index < -0.39 is 12.8 Å². The fourth-order valence-electron chi connectivity index (χ4n) is 1.99. The van der Waals surface area contributed by atoms with E-state index in [0.717, 1.165) is 5.56 Å². The van der Waals surface area contributed by atoms with Crippen LogP contribution in [0.4, 0.5) is 13.2 Å². The molecule has 0 aliphatic rings. The van der Waals surface area contributed by atoms with Crippen LogP contribution in [0, 0.1) is 0 Å². The second-order valence-corrected chi connectivity index (χ2v) is 5.99. The van der Waals surface area contributed by atoms with Crippen molar-refractivity contribution in [3.05, 3.63) is 69.2 Å². The number of rotatable bonds is 6. The van der Waals surface area contributed by atoms with E-state index in [2.05, 4.69) is 10.1 Å². The van der Waals surface area contributed by atoms with Crippen molar-refractivity contribution >= 4 is 29.1 Å². The van der Waals surface area contributed by atoms with Crippen LogP contribution in [0.5, 0.6) is 0 Å².